The van der Waals surface area contributed by atoms with E-state index in [4.69, 9.17) is 10.00 Å². The van der Waals surface area contributed by atoms with Crippen molar-refractivity contribution in [3.63, 3.8) is 0 Å². The summed E-state index contributed by atoms with van der Waals surface area (Å²) in [7, 11) is 1.21. The number of carbonyl (C=O) groups excluding carboxylic acids is 3. The average molecular weight is 347 g/mol. The second kappa shape index (κ2) is 11.5. The van der Waals surface area contributed by atoms with Gasteiger partial charge in [0.1, 0.15) is 19.2 Å². The highest BCUT2D eigenvalue weighted by molar-refractivity contribution is 5.87. The number of benzene rings is 1. The van der Waals surface area contributed by atoms with Gasteiger partial charge in [0.05, 0.1) is 13.2 Å². The number of esters is 1. The fraction of sp³-hybridized carbons (Fsp3) is 0.412. The molecule has 0 saturated carbocycles. The van der Waals surface area contributed by atoms with Crippen molar-refractivity contribution >= 4 is 18.0 Å². The van der Waals surface area contributed by atoms with Crippen LogP contribution in [0.2, 0.25) is 0 Å². The summed E-state index contributed by atoms with van der Waals surface area (Å²) in [5.41, 5.74) is 0.824. The van der Waals surface area contributed by atoms with Gasteiger partial charge < -0.3 is 20.1 Å². The summed E-state index contributed by atoms with van der Waals surface area (Å²) in [6.07, 6.45) is 0.263. The maximum absolute atomic E-state index is 11.8. The number of nitrogens with zero attached hydrogens (tertiary/aromatic N) is 1. The number of alkyl carbamates (subject to hydrolysis) is 1. The third-order valence-corrected chi connectivity index (χ3v) is 3.21. The molecule has 0 heterocycles. The van der Waals surface area contributed by atoms with E-state index in [0.717, 1.165) is 5.56 Å². The number of hydrogen-bond acceptors (Lipinski definition) is 6. The summed E-state index contributed by atoms with van der Waals surface area (Å²) in [4.78, 5) is 35.0. The fourth-order valence-corrected chi connectivity index (χ4v) is 1.95. The largest absolute Gasteiger partial charge is 0.467 e. The number of ether oxygens (including phenoxy) is 2. The maximum atomic E-state index is 11.8. The first-order chi connectivity index (χ1) is 12.1. The van der Waals surface area contributed by atoms with E-state index >= 15 is 0 Å². The summed E-state index contributed by atoms with van der Waals surface area (Å²) < 4.78 is 9.58. The Morgan fingerprint density at radius 2 is 1.96 bits per heavy atom. The minimum absolute atomic E-state index is 0.0905. The van der Waals surface area contributed by atoms with Gasteiger partial charge in [-0.15, -0.1) is 0 Å². The van der Waals surface area contributed by atoms with Crippen molar-refractivity contribution in [3.8, 4) is 6.07 Å². The van der Waals surface area contributed by atoms with Gasteiger partial charge in [-0.05, 0) is 18.4 Å². The Morgan fingerprint density at radius 3 is 2.60 bits per heavy atom. The van der Waals surface area contributed by atoms with Gasteiger partial charge in [-0.1, -0.05) is 30.3 Å². The molecule has 0 fully saturated rings. The van der Waals surface area contributed by atoms with E-state index in [1.54, 1.807) is 0 Å². The molecule has 8 nitrogen and oxygen atoms in total. The van der Waals surface area contributed by atoms with Crippen LogP contribution >= 0.6 is 0 Å². The third-order valence-electron chi connectivity index (χ3n) is 3.21. The monoisotopic (exact) mass is 347 g/mol. The molecule has 1 rings (SSSR count). The number of hydrogen-bond donors (Lipinski definition) is 2. The molecule has 0 aliphatic heterocycles. The lowest BCUT2D eigenvalue weighted by Crippen LogP contribution is -2.46. The van der Waals surface area contributed by atoms with Gasteiger partial charge in [-0.3, -0.25) is 4.79 Å². The summed E-state index contributed by atoms with van der Waals surface area (Å²) in [5.74, 6) is -1.15. The summed E-state index contributed by atoms with van der Waals surface area (Å²) in [6.45, 7) is -0.243. The van der Waals surface area contributed by atoms with Gasteiger partial charge in [0.2, 0.25) is 5.91 Å². The smallest absolute Gasteiger partial charge is 0.407 e. The van der Waals surface area contributed by atoms with Gasteiger partial charge in [-0.2, -0.15) is 5.26 Å². The highest BCUT2D eigenvalue weighted by Gasteiger charge is 2.21. The maximum Gasteiger partial charge on any atom is 0.407 e. The highest BCUT2D eigenvalue weighted by atomic mass is 16.5. The molecule has 25 heavy (non-hydrogen) atoms. The second-order valence-electron chi connectivity index (χ2n) is 5.11. The van der Waals surface area contributed by atoms with Gasteiger partial charge in [0.15, 0.2) is 0 Å². The van der Waals surface area contributed by atoms with Crippen molar-refractivity contribution in [2.75, 3.05) is 13.7 Å². The molecule has 0 aromatic heterocycles. The van der Waals surface area contributed by atoms with E-state index in [0.29, 0.717) is 6.42 Å². The Bertz CT molecular complexity index is 612. The Morgan fingerprint density at radius 1 is 1.24 bits per heavy atom. The van der Waals surface area contributed by atoms with Crippen LogP contribution in [0, 0.1) is 11.3 Å². The molecule has 0 radical (unpaired) electrons. The molecule has 0 aliphatic carbocycles. The predicted molar refractivity (Wildman–Crippen MR) is 88.0 cm³/mol. The molecule has 0 unspecified atom stereocenters. The first-order valence-corrected chi connectivity index (χ1v) is 7.75. The predicted octanol–water partition coefficient (Wildman–Crippen LogP) is 1.26. The van der Waals surface area contributed by atoms with Crippen molar-refractivity contribution in [1.82, 2.24) is 10.6 Å². The van der Waals surface area contributed by atoms with Crippen LogP contribution in [0.3, 0.4) is 0 Å². The second-order valence-corrected chi connectivity index (χ2v) is 5.11. The highest BCUT2D eigenvalue weighted by Crippen LogP contribution is 2.03. The zero-order valence-electron chi connectivity index (χ0n) is 14.0. The number of carbonyl (C=O) groups is 3. The zero-order valence-corrected chi connectivity index (χ0v) is 14.0. The van der Waals surface area contributed by atoms with Crippen LogP contribution in [-0.2, 0) is 25.7 Å². The zero-order chi connectivity index (χ0) is 18.5. The first-order valence-electron chi connectivity index (χ1n) is 7.75. The number of nitrogens with one attached hydrogen (secondary N) is 2. The Hall–Kier alpha value is -3.08. The summed E-state index contributed by atoms with van der Waals surface area (Å²) in [6, 6.07) is 10.2. The van der Waals surface area contributed by atoms with Crippen LogP contribution in [0.1, 0.15) is 24.8 Å². The third kappa shape index (κ3) is 8.37. The standard InChI is InChI=1S/C17H21N3O5/c1-24-16(22)14(9-5-6-10-18)20-15(21)11-19-17(23)25-12-13-7-3-2-4-8-13/h2-4,7-8,14H,5-6,9,11-12H2,1H3,(H,19,23)(H,20,21)/t14-/m0/s1. The molecular weight excluding hydrogens is 326 g/mol. The van der Waals surface area contributed by atoms with E-state index in [-0.39, 0.29) is 26.0 Å². The van der Waals surface area contributed by atoms with Crippen molar-refractivity contribution in [2.45, 2.75) is 31.9 Å². The molecule has 0 spiro atoms. The molecule has 2 N–H and O–H groups in total. The van der Waals surface area contributed by atoms with Gasteiger partial charge in [0, 0.05) is 6.42 Å². The van der Waals surface area contributed by atoms with Crippen molar-refractivity contribution < 1.29 is 23.9 Å². The summed E-state index contributed by atoms with van der Waals surface area (Å²) in [5, 5.41) is 13.3. The SMILES string of the molecule is COC(=O)[C@H](CCCC#N)NC(=O)CNC(=O)OCc1ccccc1. The van der Waals surface area contributed by atoms with Crippen LogP contribution in [0.15, 0.2) is 30.3 Å². The topological polar surface area (TPSA) is 118 Å². The van der Waals surface area contributed by atoms with Gasteiger partial charge >= 0.3 is 12.1 Å². The Labute approximate surface area is 146 Å². The van der Waals surface area contributed by atoms with Crippen molar-refractivity contribution in [2.24, 2.45) is 0 Å². The molecule has 0 aliphatic rings. The Kier molecular flexibility index (Phi) is 9.15. The molecule has 1 aromatic rings. The van der Waals surface area contributed by atoms with Crippen LogP contribution in [0.25, 0.3) is 0 Å². The lowest BCUT2D eigenvalue weighted by molar-refractivity contribution is -0.145. The van der Waals surface area contributed by atoms with E-state index in [1.165, 1.54) is 7.11 Å². The van der Waals surface area contributed by atoms with Crippen molar-refractivity contribution in [3.05, 3.63) is 35.9 Å². The molecular formula is C17H21N3O5. The first kappa shape index (κ1) is 20.0. The van der Waals surface area contributed by atoms with Crippen LogP contribution < -0.4 is 10.6 Å². The molecule has 2 amide bonds. The van der Waals surface area contributed by atoms with E-state index in [2.05, 4.69) is 15.4 Å². The fourth-order valence-electron chi connectivity index (χ4n) is 1.95. The van der Waals surface area contributed by atoms with Gasteiger partial charge in [0.25, 0.3) is 0 Å². The Balaban J connectivity index is 2.34. The normalized spacial score (nSPS) is 10.9. The molecule has 134 valence electrons. The van der Waals surface area contributed by atoms with Gasteiger partial charge in [-0.25, -0.2) is 9.59 Å². The summed E-state index contributed by atoms with van der Waals surface area (Å²) >= 11 is 0. The average Bonchev–Trinajstić information content (AvgIpc) is 2.64. The quantitative estimate of drug-likeness (QED) is 0.513. The van der Waals surface area contributed by atoms with E-state index in [9.17, 15) is 14.4 Å². The van der Waals surface area contributed by atoms with Crippen LogP contribution in [0.4, 0.5) is 4.79 Å². The van der Waals surface area contributed by atoms with Crippen LogP contribution in [-0.4, -0.2) is 37.7 Å². The molecule has 8 heteroatoms. The number of unbranched alkanes of at least 4 members (excludes halogenated alkanes) is 1. The lowest BCUT2D eigenvalue weighted by Gasteiger charge is -2.16. The number of amides is 2. The van der Waals surface area contributed by atoms with Crippen molar-refractivity contribution in [1.29, 1.82) is 5.26 Å². The molecule has 1 atom stereocenters. The number of nitriles is 1. The minimum Gasteiger partial charge on any atom is -0.467 e. The van der Waals surface area contributed by atoms with Crippen LogP contribution in [0.5, 0.6) is 0 Å². The van der Waals surface area contributed by atoms with E-state index in [1.807, 2.05) is 36.4 Å². The minimum atomic E-state index is -0.854. The molecule has 1 aromatic carbocycles. The van der Waals surface area contributed by atoms with E-state index < -0.39 is 24.0 Å². The lowest BCUT2D eigenvalue weighted by atomic mass is 10.1. The number of rotatable bonds is 9. The molecule has 0 bridgehead atoms. The molecule has 0 saturated heterocycles. The number of methoxy groups -OCH3 is 1.